The van der Waals surface area contributed by atoms with Crippen LogP contribution in [0, 0.1) is 0 Å². The number of benzene rings is 6. The SMILES string of the molecule is [2H]c1c([2H])c([2H])c(-c2c3ccccc3c(-n3c(C([2H])([2H])C([2H])([2H])[2H])nc4ccccc43)c3ccc(-c4ccccc4)cc23)c([2H])c1[2H]. The van der Waals surface area contributed by atoms with E-state index in [1.54, 1.807) is 53.1 Å². The molecule has 0 saturated carbocycles. The summed E-state index contributed by atoms with van der Waals surface area (Å²) in [6.45, 7) is -3.05. The summed E-state index contributed by atoms with van der Waals surface area (Å²) in [5.41, 5.74) is 3.50. The Balaban J connectivity index is 1.74. The predicted molar refractivity (Wildman–Crippen MR) is 156 cm³/mol. The van der Waals surface area contributed by atoms with E-state index in [9.17, 15) is 0 Å². The summed E-state index contributed by atoms with van der Waals surface area (Å²) in [6, 6.07) is 27.3. The van der Waals surface area contributed by atoms with Crippen molar-refractivity contribution in [2.45, 2.75) is 13.2 Å². The lowest BCUT2D eigenvalue weighted by Gasteiger charge is -2.20. The molecule has 176 valence electrons. The van der Waals surface area contributed by atoms with Gasteiger partial charge in [-0.3, -0.25) is 4.57 Å². The van der Waals surface area contributed by atoms with Gasteiger partial charge in [0.05, 0.1) is 23.6 Å². The number of hydrogen-bond donors (Lipinski definition) is 0. The van der Waals surface area contributed by atoms with Crippen LogP contribution in [0.2, 0.25) is 0 Å². The van der Waals surface area contributed by atoms with Gasteiger partial charge in [0.2, 0.25) is 0 Å². The lowest BCUT2D eigenvalue weighted by atomic mass is 9.88. The Hall–Kier alpha value is -4.69. The lowest BCUT2D eigenvalue weighted by molar-refractivity contribution is 0.917. The zero-order chi connectivity index (χ0) is 33.4. The number of nitrogens with zero attached hydrogens (tertiary/aromatic N) is 2. The number of aryl methyl sites for hydroxylation is 1. The average Bonchev–Trinajstić information content (AvgIpc) is 3.46. The maximum Gasteiger partial charge on any atom is 0.114 e. The molecule has 0 unspecified atom stereocenters. The molecule has 7 aromatic rings. The van der Waals surface area contributed by atoms with Gasteiger partial charge in [-0.25, -0.2) is 4.98 Å². The largest absolute Gasteiger partial charge is 0.295 e. The first kappa shape index (κ1) is 13.6. The summed E-state index contributed by atoms with van der Waals surface area (Å²) in [5.74, 6) is -0.298. The number of imidazole rings is 1. The molecule has 0 N–H and O–H groups in total. The fourth-order valence-corrected chi connectivity index (χ4v) is 5.19. The molecule has 0 spiro atoms. The maximum absolute atomic E-state index is 8.93. The topological polar surface area (TPSA) is 17.8 Å². The summed E-state index contributed by atoms with van der Waals surface area (Å²) in [7, 11) is 0. The van der Waals surface area contributed by atoms with E-state index in [0.717, 1.165) is 11.1 Å². The third-order valence-electron chi connectivity index (χ3n) is 6.75. The first-order valence-electron chi connectivity index (χ1n) is 16.9. The maximum atomic E-state index is 8.93. The van der Waals surface area contributed by atoms with Crippen molar-refractivity contribution < 1.29 is 13.7 Å². The van der Waals surface area contributed by atoms with Crippen LogP contribution in [0.3, 0.4) is 0 Å². The van der Waals surface area contributed by atoms with Crippen molar-refractivity contribution in [3.8, 4) is 27.9 Å². The fourth-order valence-electron chi connectivity index (χ4n) is 5.19. The molecular formula is C35H26N2. The molecule has 0 radical (unpaired) electrons. The highest BCUT2D eigenvalue weighted by atomic mass is 15.1. The average molecular weight is 485 g/mol. The summed E-state index contributed by atoms with van der Waals surface area (Å²) in [6.07, 6.45) is -2.85. The highest BCUT2D eigenvalue weighted by Crippen LogP contribution is 2.43. The number of para-hydroxylation sites is 2. The summed E-state index contributed by atoms with van der Waals surface area (Å²) in [4.78, 5) is 4.55. The normalized spacial score (nSPS) is 16.1. The quantitative estimate of drug-likeness (QED) is 0.228. The third kappa shape index (κ3) is 3.45. The van der Waals surface area contributed by atoms with Crippen LogP contribution in [-0.2, 0) is 6.37 Å². The van der Waals surface area contributed by atoms with Crippen LogP contribution >= 0.6 is 0 Å². The van der Waals surface area contributed by atoms with Crippen LogP contribution in [0.5, 0.6) is 0 Å². The van der Waals surface area contributed by atoms with Crippen LogP contribution in [-0.4, -0.2) is 9.55 Å². The summed E-state index contributed by atoms with van der Waals surface area (Å²) in [5, 5.41) is 2.18. The van der Waals surface area contributed by atoms with Gasteiger partial charge in [0.15, 0.2) is 0 Å². The number of hydrogen-bond acceptors (Lipinski definition) is 1. The third-order valence-corrected chi connectivity index (χ3v) is 6.75. The van der Waals surface area contributed by atoms with Crippen molar-refractivity contribution in [2.24, 2.45) is 0 Å². The summed E-state index contributed by atoms with van der Waals surface area (Å²) < 4.78 is 86.5. The van der Waals surface area contributed by atoms with Gasteiger partial charge in [-0.15, -0.1) is 0 Å². The van der Waals surface area contributed by atoms with Crippen LogP contribution in [0.25, 0.3) is 60.5 Å². The van der Waals surface area contributed by atoms with Crippen molar-refractivity contribution >= 4 is 32.6 Å². The monoisotopic (exact) mass is 484 g/mol. The second-order valence-electron chi connectivity index (χ2n) is 8.78. The first-order chi connectivity index (χ1) is 22.3. The van der Waals surface area contributed by atoms with Crippen molar-refractivity contribution in [1.29, 1.82) is 0 Å². The van der Waals surface area contributed by atoms with Crippen molar-refractivity contribution in [2.75, 3.05) is 0 Å². The van der Waals surface area contributed by atoms with Gasteiger partial charge >= 0.3 is 0 Å². The molecule has 0 bridgehead atoms. The van der Waals surface area contributed by atoms with E-state index in [0.29, 0.717) is 43.8 Å². The minimum atomic E-state index is -3.05. The molecule has 2 nitrogen and oxygen atoms in total. The molecule has 0 aliphatic carbocycles. The Bertz CT molecular complexity index is 2350. The van der Waals surface area contributed by atoms with Gasteiger partial charge in [-0.2, -0.15) is 0 Å². The van der Waals surface area contributed by atoms with E-state index in [4.69, 9.17) is 13.7 Å². The van der Waals surface area contributed by atoms with E-state index < -0.39 is 31.4 Å². The highest BCUT2D eigenvalue weighted by Gasteiger charge is 2.20. The number of fused-ring (bicyclic) bond motifs is 3. The first-order valence-corrected chi connectivity index (χ1v) is 11.9. The van der Waals surface area contributed by atoms with Crippen molar-refractivity contribution in [1.82, 2.24) is 9.55 Å². The molecule has 0 atom stereocenters. The smallest absolute Gasteiger partial charge is 0.114 e. The van der Waals surface area contributed by atoms with E-state index in [2.05, 4.69) is 4.98 Å². The zero-order valence-corrected chi connectivity index (χ0v) is 19.6. The number of aromatic nitrogens is 2. The van der Waals surface area contributed by atoms with Gasteiger partial charge in [-0.1, -0.05) is 116 Å². The van der Waals surface area contributed by atoms with E-state index in [-0.39, 0.29) is 23.5 Å². The highest BCUT2D eigenvalue weighted by molar-refractivity contribution is 6.19. The van der Waals surface area contributed by atoms with Gasteiger partial charge < -0.3 is 0 Å². The Labute approximate surface area is 230 Å². The molecule has 1 aromatic heterocycles. The molecule has 0 amide bonds. The van der Waals surface area contributed by atoms with E-state index in [1.165, 1.54) is 0 Å². The summed E-state index contributed by atoms with van der Waals surface area (Å²) >= 11 is 0. The zero-order valence-electron chi connectivity index (χ0n) is 29.6. The minimum absolute atomic E-state index is 0.0301. The van der Waals surface area contributed by atoms with Crippen molar-refractivity contribution in [3.05, 3.63) is 133 Å². The molecule has 1 heterocycles. The Morgan fingerprint density at radius 1 is 0.703 bits per heavy atom. The van der Waals surface area contributed by atoms with Crippen LogP contribution in [0.4, 0.5) is 0 Å². The molecule has 0 aliphatic heterocycles. The van der Waals surface area contributed by atoms with Gasteiger partial charge in [0.25, 0.3) is 0 Å². The molecule has 6 aromatic carbocycles. The molecule has 2 heteroatoms. The van der Waals surface area contributed by atoms with Crippen molar-refractivity contribution in [3.63, 3.8) is 0 Å². The molecule has 0 aliphatic rings. The standard InChI is InChI=1S/C35H26N2/c1-2-33-36-31-19-11-12-20-32(31)37(33)35-28-18-10-9-17-27(28)34(25-15-7-4-8-16-25)30-23-26(21-22-29(30)35)24-13-5-3-6-14-24/h3-23H,2H2,1H3/i1D3,2D2,4D,7D,8D,15D,16D. The van der Waals surface area contributed by atoms with E-state index in [1.807, 2.05) is 48.5 Å². The molecule has 0 saturated heterocycles. The van der Waals surface area contributed by atoms with Crippen LogP contribution in [0.15, 0.2) is 127 Å². The Kier molecular flexibility index (Phi) is 3.21. The Morgan fingerprint density at radius 2 is 1.43 bits per heavy atom. The van der Waals surface area contributed by atoms with E-state index >= 15 is 0 Å². The van der Waals surface area contributed by atoms with Gasteiger partial charge in [0.1, 0.15) is 5.82 Å². The molecular weight excluding hydrogens is 448 g/mol. The molecule has 37 heavy (non-hydrogen) atoms. The van der Waals surface area contributed by atoms with Gasteiger partial charge in [0, 0.05) is 24.0 Å². The Morgan fingerprint density at radius 3 is 2.27 bits per heavy atom. The van der Waals surface area contributed by atoms with Crippen LogP contribution < -0.4 is 0 Å². The fraction of sp³-hybridized carbons (Fsp3) is 0.0571. The second kappa shape index (κ2) is 8.76. The van der Waals surface area contributed by atoms with Crippen LogP contribution in [0.1, 0.15) is 26.4 Å². The lowest BCUT2D eigenvalue weighted by Crippen LogP contribution is -2.03. The minimum Gasteiger partial charge on any atom is -0.295 e. The number of rotatable bonds is 4. The molecule has 7 rings (SSSR count). The van der Waals surface area contributed by atoms with Gasteiger partial charge in [-0.05, 0) is 51.2 Å². The predicted octanol–water partition coefficient (Wildman–Crippen LogP) is 9.23. The molecule has 0 fully saturated rings. The second-order valence-corrected chi connectivity index (χ2v) is 8.78.